The normalized spacial score (nSPS) is 26.2. The van der Waals surface area contributed by atoms with Crippen LogP contribution in [0.5, 0.6) is 5.75 Å². The van der Waals surface area contributed by atoms with Gasteiger partial charge in [-0.15, -0.1) is 0 Å². The van der Waals surface area contributed by atoms with Crippen molar-refractivity contribution in [3.8, 4) is 5.75 Å². The SMILES string of the molecule is CN(C)c1cc(NC(=O)Nc2ccc(F)c([N+](=O)[O-])c2)c(O)c2c1C[C@@]1(C)C[C@@]3(C)[C@H](N(C)C)C(=O)C(C(N)=O)=C(O)[C@@]3(O)C(=O)C1=C2O. The molecule has 0 heterocycles. The van der Waals surface area contributed by atoms with Crippen LogP contribution >= 0.6 is 0 Å². The lowest BCUT2D eigenvalue weighted by Crippen LogP contribution is -2.72. The number of carbonyl (C=O) groups excluding carboxylic acids is 4. The van der Waals surface area contributed by atoms with Crippen molar-refractivity contribution in [1.29, 1.82) is 0 Å². The Morgan fingerprint density at radius 2 is 1.71 bits per heavy atom. The molecule has 2 aromatic carbocycles. The number of aliphatic hydroxyl groups is 3. The quantitative estimate of drug-likeness (QED) is 0.101. The summed E-state index contributed by atoms with van der Waals surface area (Å²) in [7, 11) is 6.31. The second-order valence-electron chi connectivity index (χ2n) is 13.5. The van der Waals surface area contributed by atoms with Crippen molar-refractivity contribution in [3.05, 3.63) is 68.2 Å². The molecule has 0 radical (unpaired) electrons. The van der Waals surface area contributed by atoms with Gasteiger partial charge < -0.3 is 41.7 Å². The van der Waals surface area contributed by atoms with E-state index in [4.69, 9.17) is 5.73 Å². The van der Waals surface area contributed by atoms with E-state index in [0.29, 0.717) is 11.3 Å². The van der Waals surface area contributed by atoms with Crippen molar-refractivity contribution in [1.82, 2.24) is 4.90 Å². The van der Waals surface area contributed by atoms with Crippen LogP contribution in [0.4, 0.5) is 31.9 Å². The lowest BCUT2D eigenvalue weighted by Gasteiger charge is -2.59. The Balaban J connectivity index is 1.67. The molecule has 8 N–H and O–H groups in total. The molecule has 5 rings (SSSR count). The van der Waals surface area contributed by atoms with E-state index in [1.807, 2.05) is 0 Å². The number of ketones is 2. The summed E-state index contributed by atoms with van der Waals surface area (Å²) in [6.45, 7) is 3.06. The topological polar surface area (TPSA) is 249 Å². The Bertz CT molecular complexity index is 1960. The second-order valence-corrected chi connectivity index (χ2v) is 13.5. The molecule has 0 aromatic heterocycles. The summed E-state index contributed by atoms with van der Waals surface area (Å²) < 4.78 is 13.8. The van der Waals surface area contributed by atoms with Gasteiger partial charge in [-0.2, -0.15) is 4.39 Å². The zero-order chi connectivity index (χ0) is 36.7. The molecule has 0 spiro atoms. The monoisotopic (exact) mass is 682 g/mol. The first kappa shape index (κ1) is 34.8. The average Bonchev–Trinajstić information content (AvgIpc) is 2.96. The molecule has 0 saturated heterocycles. The summed E-state index contributed by atoms with van der Waals surface area (Å²) in [6, 6.07) is 1.74. The van der Waals surface area contributed by atoms with Crippen molar-refractivity contribution in [3.63, 3.8) is 0 Å². The zero-order valence-corrected chi connectivity index (χ0v) is 27.3. The van der Waals surface area contributed by atoms with Gasteiger partial charge >= 0.3 is 11.7 Å². The van der Waals surface area contributed by atoms with Gasteiger partial charge in [0.05, 0.1) is 22.2 Å². The van der Waals surface area contributed by atoms with Crippen LogP contribution in [0.25, 0.3) is 5.76 Å². The number of carbonyl (C=O) groups is 4. The molecular formula is C32H35FN6O10. The van der Waals surface area contributed by atoms with Crippen LogP contribution in [0.2, 0.25) is 0 Å². The number of nitro benzene ring substituents is 1. The predicted octanol–water partition coefficient (Wildman–Crippen LogP) is 2.50. The number of aliphatic hydroxyl groups excluding tert-OH is 2. The molecular weight excluding hydrogens is 647 g/mol. The van der Waals surface area contributed by atoms with Gasteiger partial charge in [0.1, 0.15) is 17.1 Å². The average molecular weight is 683 g/mol. The third-order valence-corrected chi connectivity index (χ3v) is 9.74. The fourth-order valence-corrected chi connectivity index (χ4v) is 7.88. The van der Waals surface area contributed by atoms with Crippen molar-refractivity contribution >= 4 is 52.0 Å². The second kappa shape index (κ2) is 11.3. The number of nitrogens with two attached hydrogens (primary N) is 1. The van der Waals surface area contributed by atoms with Crippen molar-refractivity contribution in [2.45, 2.75) is 38.3 Å². The van der Waals surface area contributed by atoms with Crippen LogP contribution in [0.15, 0.2) is 41.2 Å². The number of nitrogens with zero attached hydrogens (tertiary/aromatic N) is 3. The summed E-state index contributed by atoms with van der Waals surface area (Å²) in [5.74, 6) is -7.31. The number of halogens is 1. The van der Waals surface area contributed by atoms with E-state index in [2.05, 4.69) is 10.6 Å². The predicted molar refractivity (Wildman–Crippen MR) is 174 cm³/mol. The number of Topliss-reactive ketones (excluding diaryl/α,β-unsaturated/α-hetero) is 2. The molecule has 3 aliphatic rings. The van der Waals surface area contributed by atoms with Crippen LogP contribution in [0.3, 0.4) is 0 Å². The number of rotatable bonds is 6. The van der Waals surface area contributed by atoms with Gasteiger partial charge in [0.2, 0.25) is 11.6 Å². The van der Waals surface area contributed by atoms with Gasteiger partial charge in [0.25, 0.3) is 5.91 Å². The van der Waals surface area contributed by atoms with Crippen LogP contribution in [-0.2, 0) is 20.8 Å². The molecule has 260 valence electrons. The number of anilines is 3. The number of nitro groups is 1. The smallest absolute Gasteiger partial charge is 0.323 e. The Morgan fingerprint density at radius 1 is 1.08 bits per heavy atom. The van der Waals surface area contributed by atoms with Crippen LogP contribution < -0.4 is 21.3 Å². The van der Waals surface area contributed by atoms with Gasteiger partial charge in [-0.05, 0) is 50.7 Å². The zero-order valence-electron chi connectivity index (χ0n) is 27.3. The van der Waals surface area contributed by atoms with Gasteiger partial charge in [-0.3, -0.25) is 29.4 Å². The number of fused-ring (bicyclic) bond motifs is 3. The van der Waals surface area contributed by atoms with Gasteiger partial charge in [-0.25, -0.2) is 4.79 Å². The van der Waals surface area contributed by atoms with Gasteiger partial charge in [0.15, 0.2) is 17.1 Å². The summed E-state index contributed by atoms with van der Waals surface area (Å²) in [4.78, 5) is 66.6. The highest BCUT2D eigenvalue weighted by Crippen LogP contribution is 2.63. The lowest BCUT2D eigenvalue weighted by atomic mass is 9.46. The van der Waals surface area contributed by atoms with E-state index in [-0.39, 0.29) is 29.8 Å². The van der Waals surface area contributed by atoms with E-state index in [1.165, 1.54) is 32.0 Å². The number of phenols is 1. The van der Waals surface area contributed by atoms with Gasteiger partial charge in [0, 0.05) is 47.9 Å². The molecule has 2 aromatic rings. The molecule has 49 heavy (non-hydrogen) atoms. The first-order valence-corrected chi connectivity index (χ1v) is 14.9. The Labute approximate surface area is 278 Å². The molecule has 17 heteroatoms. The highest BCUT2D eigenvalue weighted by atomic mass is 19.1. The maximum atomic E-state index is 14.5. The maximum absolute atomic E-state index is 14.5. The highest BCUT2D eigenvalue weighted by Gasteiger charge is 2.72. The summed E-state index contributed by atoms with van der Waals surface area (Å²) >= 11 is 0. The van der Waals surface area contributed by atoms with E-state index < -0.39 is 90.8 Å². The largest absolute Gasteiger partial charge is 0.508 e. The molecule has 3 amide bonds. The molecule has 0 unspecified atom stereocenters. The highest BCUT2D eigenvalue weighted by molar-refractivity contribution is 6.25. The molecule has 3 aliphatic carbocycles. The fraction of sp³-hybridized carbons (Fsp3) is 0.375. The lowest BCUT2D eigenvalue weighted by molar-refractivity contribution is -0.387. The number of amides is 3. The van der Waals surface area contributed by atoms with Crippen LogP contribution in [-0.4, -0.2) is 93.6 Å². The standard InChI is InChI=1S/C32H35FN6O10/c1-30-11-14-17(37(3)4)10-16(36-29(46)35-13-7-8-15(33)18(9-13)39(48)49)22(40)19(14)23(41)21(30)27(44)32(47)26(43)20(28(34)45)24(42)25(38(5)6)31(32,2)12-30/h7-10,25,40-41,43,47H,11-12H2,1-6H3,(H2,34,45)(H2,35,36,46)/t25-,30+,31+,32-/m1/s1. The number of nitrogens with one attached hydrogen (secondary N) is 2. The number of hydrogen-bond donors (Lipinski definition) is 7. The minimum Gasteiger partial charge on any atom is -0.508 e. The van der Waals surface area contributed by atoms with Crippen molar-refractivity contribution in [2.75, 3.05) is 43.7 Å². The van der Waals surface area contributed by atoms with Crippen molar-refractivity contribution < 1.29 is 48.9 Å². The van der Waals surface area contributed by atoms with Crippen molar-refractivity contribution in [2.24, 2.45) is 16.6 Å². The van der Waals surface area contributed by atoms with E-state index in [0.717, 1.165) is 18.2 Å². The number of urea groups is 1. The van der Waals surface area contributed by atoms with Crippen LogP contribution in [0, 0.1) is 26.8 Å². The first-order chi connectivity index (χ1) is 22.6. The number of benzene rings is 2. The Kier molecular flexibility index (Phi) is 8.00. The molecule has 1 fully saturated rings. The van der Waals surface area contributed by atoms with E-state index >= 15 is 0 Å². The number of hydrogen-bond acceptors (Lipinski definition) is 12. The summed E-state index contributed by atoms with van der Waals surface area (Å²) in [5, 5.41) is 62.5. The Morgan fingerprint density at radius 3 is 2.27 bits per heavy atom. The number of phenolic OH excluding ortho intramolecular Hbond substituents is 1. The number of aromatic hydroxyl groups is 1. The third kappa shape index (κ3) is 4.87. The molecule has 0 aliphatic heterocycles. The summed E-state index contributed by atoms with van der Waals surface area (Å²) in [6.07, 6.45) is -0.209. The van der Waals surface area contributed by atoms with E-state index in [9.17, 15) is 54.1 Å². The molecule has 0 bridgehead atoms. The van der Waals surface area contributed by atoms with Gasteiger partial charge in [-0.1, -0.05) is 13.8 Å². The fourth-order valence-electron chi connectivity index (χ4n) is 7.88. The molecule has 4 atom stereocenters. The maximum Gasteiger partial charge on any atom is 0.323 e. The number of likely N-dealkylation sites (N-methyl/N-ethyl adjacent to an activating group) is 1. The van der Waals surface area contributed by atoms with E-state index in [1.54, 1.807) is 25.9 Å². The summed E-state index contributed by atoms with van der Waals surface area (Å²) in [5.41, 5.74) is -2.76. The van der Waals surface area contributed by atoms with Crippen LogP contribution in [0.1, 0.15) is 31.4 Å². The minimum absolute atomic E-state index is 0.0343. The number of primary amides is 1. The molecule has 16 nitrogen and oxygen atoms in total. The Hall–Kier alpha value is -5.55. The molecule has 1 saturated carbocycles. The minimum atomic E-state index is -2.91. The third-order valence-electron chi connectivity index (χ3n) is 9.74. The first-order valence-electron chi connectivity index (χ1n) is 14.9.